The molecule has 0 fully saturated rings. The Bertz CT molecular complexity index is 1320. The second kappa shape index (κ2) is 9.55. The third-order valence-corrected chi connectivity index (χ3v) is 8.57. The van der Waals surface area contributed by atoms with E-state index in [-0.39, 0.29) is 23.9 Å². The molecular formula is C23H23N3O6S2. The van der Waals surface area contributed by atoms with Crippen LogP contribution in [0.25, 0.3) is 0 Å². The number of hydrogen-bond donors (Lipinski definition) is 2. The zero-order valence-electron chi connectivity index (χ0n) is 18.5. The molecule has 1 aromatic heterocycles. The summed E-state index contributed by atoms with van der Waals surface area (Å²) < 4.78 is 33.4. The predicted molar refractivity (Wildman–Crippen MR) is 127 cm³/mol. The van der Waals surface area contributed by atoms with Crippen molar-refractivity contribution in [1.82, 2.24) is 9.79 Å². The van der Waals surface area contributed by atoms with Crippen molar-refractivity contribution >= 4 is 38.9 Å². The van der Waals surface area contributed by atoms with Gasteiger partial charge in [-0.2, -0.15) is 4.31 Å². The number of hydroxylamine groups is 1. The average Bonchev–Trinajstić information content (AvgIpc) is 3.20. The van der Waals surface area contributed by atoms with E-state index in [1.807, 2.05) is 13.0 Å². The number of sulfonamides is 1. The normalized spacial score (nSPS) is 16.4. The van der Waals surface area contributed by atoms with Crippen LogP contribution in [0.3, 0.4) is 0 Å². The van der Waals surface area contributed by atoms with E-state index in [9.17, 15) is 23.2 Å². The van der Waals surface area contributed by atoms with Gasteiger partial charge in [-0.1, -0.05) is 18.2 Å². The Morgan fingerprint density at radius 3 is 2.44 bits per heavy atom. The van der Waals surface area contributed by atoms with Gasteiger partial charge in [0.1, 0.15) is 11.8 Å². The highest BCUT2D eigenvalue weighted by molar-refractivity contribution is 7.89. The van der Waals surface area contributed by atoms with Gasteiger partial charge in [-0.15, -0.1) is 11.3 Å². The summed E-state index contributed by atoms with van der Waals surface area (Å²) in [5.41, 5.74) is 3.40. The van der Waals surface area contributed by atoms with Crippen molar-refractivity contribution in [3.8, 4) is 5.75 Å². The molecule has 0 radical (unpaired) electrons. The highest BCUT2D eigenvalue weighted by Crippen LogP contribution is 2.33. The standard InChI is InChI=1S/C23H23N3O6S2/c1-15-11-12-33-21(15)23(28)25-14-20(22(27)24-29)26(13-16-5-3-4-6-19(16)25)34(30,31)18-9-7-17(32-2)8-10-18/h3-12,20,29H,13-14H2,1-2H3,(H,24,27). The smallest absolute Gasteiger partial charge is 0.268 e. The van der Waals surface area contributed by atoms with Crippen molar-refractivity contribution in [2.75, 3.05) is 18.6 Å². The first-order chi connectivity index (χ1) is 16.3. The molecule has 0 saturated heterocycles. The van der Waals surface area contributed by atoms with Crippen LogP contribution in [-0.2, 0) is 21.4 Å². The number of anilines is 1. The number of fused-ring (bicyclic) bond motifs is 1. The fourth-order valence-corrected chi connectivity index (χ4v) is 6.31. The highest BCUT2D eigenvalue weighted by atomic mass is 32.2. The van der Waals surface area contributed by atoms with Gasteiger partial charge in [0.2, 0.25) is 10.0 Å². The van der Waals surface area contributed by atoms with Gasteiger partial charge in [0.15, 0.2) is 0 Å². The lowest BCUT2D eigenvalue weighted by Gasteiger charge is -2.29. The van der Waals surface area contributed by atoms with Crippen molar-refractivity contribution in [3.05, 3.63) is 76.0 Å². The van der Waals surface area contributed by atoms with Crippen LogP contribution in [-0.4, -0.2) is 49.4 Å². The number of carbonyl (C=O) groups excluding carboxylic acids is 2. The van der Waals surface area contributed by atoms with Gasteiger partial charge in [-0.05, 0) is 59.8 Å². The SMILES string of the molecule is COc1ccc(S(=O)(=O)N2Cc3ccccc3N(C(=O)c3sccc3C)CC2C(=O)NO)cc1. The van der Waals surface area contributed by atoms with E-state index in [4.69, 9.17) is 4.74 Å². The third kappa shape index (κ3) is 4.30. The molecule has 1 atom stereocenters. The summed E-state index contributed by atoms with van der Waals surface area (Å²) in [5, 5.41) is 11.2. The molecule has 3 aromatic rings. The number of amides is 2. The number of rotatable bonds is 5. The molecule has 0 spiro atoms. The van der Waals surface area contributed by atoms with Crippen LogP contribution in [0.2, 0.25) is 0 Å². The summed E-state index contributed by atoms with van der Waals surface area (Å²) in [6, 6.07) is 13.1. The van der Waals surface area contributed by atoms with Crippen LogP contribution in [0.1, 0.15) is 20.8 Å². The molecule has 2 N–H and O–H groups in total. The Morgan fingerprint density at radius 1 is 1.12 bits per heavy atom. The molecule has 1 aliphatic rings. The second-order valence-corrected chi connectivity index (χ2v) is 10.5. The van der Waals surface area contributed by atoms with Crippen LogP contribution in [0.15, 0.2) is 64.9 Å². The van der Waals surface area contributed by atoms with Crippen molar-refractivity contribution in [2.24, 2.45) is 0 Å². The Labute approximate surface area is 201 Å². The van der Waals surface area contributed by atoms with E-state index in [1.54, 1.807) is 35.1 Å². The van der Waals surface area contributed by atoms with Crippen molar-refractivity contribution in [1.29, 1.82) is 0 Å². The molecule has 0 aliphatic carbocycles. The van der Waals surface area contributed by atoms with Crippen molar-refractivity contribution < 1.29 is 28.0 Å². The maximum atomic E-state index is 13.7. The van der Waals surface area contributed by atoms with Gasteiger partial charge in [0.05, 0.1) is 23.4 Å². The number of para-hydroxylation sites is 1. The lowest BCUT2D eigenvalue weighted by Crippen LogP contribution is -2.53. The molecule has 2 aromatic carbocycles. The first kappa shape index (κ1) is 23.9. The number of carbonyl (C=O) groups is 2. The number of nitrogens with one attached hydrogen (secondary N) is 1. The summed E-state index contributed by atoms with van der Waals surface area (Å²) in [7, 11) is -2.73. The number of ether oxygens (including phenoxy) is 1. The fourth-order valence-electron chi connectivity index (χ4n) is 3.88. The van der Waals surface area contributed by atoms with E-state index in [1.165, 1.54) is 47.6 Å². The molecule has 2 heterocycles. The number of nitrogens with zero attached hydrogens (tertiary/aromatic N) is 2. The predicted octanol–water partition coefficient (Wildman–Crippen LogP) is 2.79. The van der Waals surface area contributed by atoms with Crippen molar-refractivity contribution in [3.63, 3.8) is 0 Å². The molecule has 9 nitrogen and oxygen atoms in total. The summed E-state index contributed by atoms with van der Waals surface area (Å²) in [6.07, 6.45) is 0. The van der Waals surface area contributed by atoms with E-state index in [2.05, 4.69) is 0 Å². The van der Waals surface area contributed by atoms with Gasteiger partial charge < -0.3 is 9.64 Å². The largest absolute Gasteiger partial charge is 0.497 e. The lowest BCUT2D eigenvalue weighted by atomic mass is 10.1. The van der Waals surface area contributed by atoms with Crippen LogP contribution in [0, 0.1) is 6.92 Å². The molecule has 0 bridgehead atoms. The van der Waals surface area contributed by atoms with Crippen LogP contribution >= 0.6 is 11.3 Å². The first-order valence-corrected chi connectivity index (χ1v) is 12.6. The molecular weight excluding hydrogens is 478 g/mol. The zero-order valence-corrected chi connectivity index (χ0v) is 20.1. The van der Waals surface area contributed by atoms with E-state index < -0.39 is 22.0 Å². The second-order valence-electron chi connectivity index (χ2n) is 7.69. The molecule has 1 aliphatic heterocycles. The molecule has 1 unspecified atom stereocenters. The maximum absolute atomic E-state index is 13.7. The summed E-state index contributed by atoms with van der Waals surface area (Å²) in [6.45, 7) is 1.36. The Kier molecular flexibility index (Phi) is 6.71. The quantitative estimate of drug-likeness (QED) is 0.410. The van der Waals surface area contributed by atoms with Gasteiger partial charge in [-0.3, -0.25) is 14.8 Å². The van der Waals surface area contributed by atoms with E-state index >= 15 is 0 Å². The number of hydrogen-bond acceptors (Lipinski definition) is 7. The number of benzene rings is 2. The molecule has 11 heteroatoms. The Balaban J connectivity index is 1.83. The van der Waals surface area contributed by atoms with E-state index in [0.717, 1.165) is 9.87 Å². The summed E-state index contributed by atoms with van der Waals surface area (Å²) in [5.74, 6) is -0.808. The van der Waals surface area contributed by atoms with Gasteiger partial charge >= 0.3 is 0 Å². The van der Waals surface area contributed by atoms with Crippen molar-refractivity contribution in [2.45, 2.75) is 24.4 Å². The molecule has 2 amide bonds. The minimum Gasteiger partial charge on any atom is -0.497 e. The highest BCUT2D eigenvalue weighted by Gasteiger charge is 2.42. The Hall–Kier alpha value is -3.25. The maximum Gasteiger partial charge on any atom is 0.268 e. The van der Waals surface area contributed by atoms with E-state index in [0.29, 0.717) is 21.9 Å². The molecule has 4 rings (SSSR count). The molecule has 0 saturated carbocycles. The van der Waals surface area contributed by atoms with Crippen LogP contribution in [0.4, 0.5) is 5.69 Å². The van der Waals surface area contributed by atoms with Gasteiger partial charge in [-0.25, -0.2) is 13.9 Å². The van der Waals surface area contributed by atoms with Gasteiger partial charge in [0, 0.05) is 12.2 Å². The summed E-state index contributed by atoms with van der Waals surface area (Å²) >= 11 is 1.27. The summed E-state index contributed by atoms with van der Waals surface area (Å²) in [4.78, 5) is 28.1. The third-order valence-electron chi connectivity index (χ3n) is 5.69. The molecule has 34 heavy (non-hydrogen) atoms. The number of thiophene rings is 1. The van der Waals surface area contributed by atoms with Crippen LogP contribution < -0.4 is 15.1 Å². The van der Waals surface area contributed by atoms with Gasteiger partial charge in [0.25, 0.3) is 11.8 Å². The first-order valence-electron chi connectivity index (χ1n) is 10.3. The minimum absolute atomic E-state index is 0.0459. The Morgan fingerprint density at radius 2 is 1.82 bits per heavy atom. The average molecular weight is 502 g/mol. The fraction of sp³-hybridized carbons (Fsp3) is 0.217. The lowest BCUT2D eigenvalue weighted by molar-refractivity contribution is -0.133. The molecule has 178 valence electrons. The topological polar surface area (TPSA) is 116 Å². The number of methoxy groups -OCH3 is 1. The minimum atomic E-state index is -4.20. The number of aryl methyl sites for hydroxylation is 1. The van der Waals surface area contributed by atoms with Crippen LogP contribution in [0.5, 0.6) is 5.75 Å². The zero-order chi connectivity index (χ0) is 24.5. The monoisotopic (exact) mass is 501 g/mol.